The Bertz CT molecular complexity index is 921. The minimum absolute atomic E-state index is 0.127. The van der Waals surface area contributed by atoms with E-state index in [4.69, 9.17) is 11.6 Å². The summed E-state index contributed by atoms with van der Waals surface area (Å²) >= 11 is 6.09. The molecule has 1 aromatic heterocycles. The van der Waals surface area contributed by atoms with Crippen LogP contribution >= 0.6 is 11.6 Å². The third kappa shape index (κ3) is 6.05. The van der Waals surface area contributed by atoms with Crippen molar-refractivity contribution < 1.29 is 14.4 Å². The lowest BCUT2D eigenvalue weighted by Crippen LogP contribution is -2.30. The maximum atomic E-state index is 12.3. The van der Waals surface area contributed by atoms with Crippen LogP contribution in [0.2, 0.25) is 5.02 Å². The Hall–Kier alpha value is -2.87. The molecule has 2 aromatic rings. The first kappa shape index (κ1) is 22.4. The largest absolute Gasteiger partial charge is 0.352 e. The van der Waals surface area contributed by atoms with E-state index in [9.17, 15) is 14.4 Å². The quantitative estimate of drug-likeness (QED) is 0.624. The number of hydrogen-bond donors (Lipinski definition) is 3. The van der Waals surface area contributed by atoms with Gasteiger partial charge in [-0.05, 0) is 44.9 Å². The van der Waals surface area contributed by atoms with Gasteiger partial charge < -0.3 is 16.0 Å². The first-order valence-corrected chi connectivity index (χ1v) is 9.72. The molecule has 0 aliphatic heterocycles. The Labute approximate surface area is 175 Å². The summed E-state index contributed by atoms with van der Waals surface area (Å²) in [5.74, 6) is -1.48. The molecule has 3 amide bonds. The van der Waals surface area contributed by atoms with Crippen LogP contribution in [0.1, 0.15) is 49.7 Å². The maximum absolute atomic E-state index is 12.3. The molecule has 0 atom stereocenters. The van der Waals surface area contributed by atoms with E-state index in [2.05, 4.69) is 21.0 Å². The van der Waals surface area contributed by atoms with Crippen LogP contribution < -0.4 is 16.0 Å². The third-order valence-corrected chi connectivity index (χ3v) is 4.35. The monoisotopic (exact) mass is 419 g/mol. The molecule has 0 bridgehead atoms. The van der Waals surface area contributed by atoms with Gasteiger partial charge in [-0.25, -0.2) is 0 Å². The number of nitrogens with zero attached hydrogens (tertiary/aromatic N) is 2. The van der Waals surface area contributed by atoms with E-state index in [1.165, 1.54) is 18.2 Å². The van der Waals surface area contributed by atoms with Gasteiger partial charge in [0.25, 0.3) is 5.91 Å². The number of amides is 3. The zero-order valence-corrected chi connectivity index (χ0v) is 17.9. The van der Waals surface area contributed by atoms with Gasteiger partial charge in [0.15, 0.2) is 5.82 Å². The van der Waals surface area contributed by atoms with Crippen LogP contribution in [-0.4, -0.2) is 34.0 Å². The van der Waals surface area contributed by atoms with Crippen molar-refractivity contribution in [1.29, 1.82) is 0 Å². The van der Waals surface area contributed by atoms with E-state index in [1.807, 2.05) is 27.7 Å². The van der Waals surface area contributed by atoms with E-state index in [0.717, 1.165) is 5.56 Å². The maximum Gasteiger partial charge on any atom is 0.315 e. The summed E-state index contributed by atoms with van der Waals surface area (Å²) in [4.78, 5) is 36.8. The summed E-state index contributed by atoms with van der Waals surface area (Å²) in [7, 11) is 0. The fraction of sp³-hybridized carbons (Fsp3) is 0.400. The molecule has 0 saturated carbocycles. The molecule has 3 N–H and O–H groups in total. The second kappa shape index (κ2) is 9.56. The minimum atomic E-state index is -0.876. The molecule has 0 spiro atoms. The van der Waals surface area contributed by atoms with Crippen LogP contribution in [0.5, 0.6) is 0 Å². The second-order valence-corrected chi connectivity index (χ2v) is 7.85. The Balaban J connectivity index is 2.07. The number of anilines is 2. The first-order valence-electron chi connectivity index (χ1n) is 9.34. The summed E-state index contributed by atoms with van der Waals surface area (Å²) in [6.45, 7) is 10.2. The Morgan fingerprint density at radius 2 is 1.76 bits per heavy atom. The summed E-state index contributed by atoms with van der Waals surface area (Å²) in [5.41, 5.74) is 1.25. The highest BCUT2D eigenvalue weighted by Gasteiger charge is 2.19. The average molecular weight is 420 g/mol. The fourth-order valence-electron chi connectivity index (χ4n) is 2.39. The Morgan fingerprint density at radius 3 is 2.34 bits per heavy atom. The summed E-state index contributed by atoms with van der Waals surface area (Å²) < 4.78 is 1.70. The number of halogens is 1. The molecule has 8 nitrogen and oxygen atoms in total. The lowest BCUT2D eigenvalue weighted by atomic mass is 10.1. The standard InChI is InChI=1S/C20H26ClN5O3/c1-11(2)9-22-18(27)15-8-14(6-7-16(15)21)23-19(28)20(29)24-17-13(5)10-26(25-17)12(3)4/h6-8,10-12H,9H2,1-5H3,(H,22,27)(H,23,28)(H,24,25,29). The molecule has 0 fully saturated rings. The van der Waals surface area contributed by atoms with Gasteiger partial charge in [0.2, 0.25) is 0 Å². The smallest absolute Gasteiger partial charge is 0.315 e. The van der Waals surface area contributed by atoms with Crippen molar-refractivity contribution in [2.45, 2.75) is 40.7 Å². The van der Waals surface area contributed by atoms with Crippen LogP contribution in [-0.2, 0) is 9.59 Å². The minimum Gasteiger partial charge on any atom is -0.352 e. The summed E-state index contributed by atoms with van der Waals surface area (Å²) in [5, 5.41) is 12.2. The van der Waals surface area contributed by atoms with E-state index < -0.39 is 11.8 Å². The van der Waals surface area contributed by atoms with Crippen molar-refractivity contribution in [3.63, 3.8) is 0 Å². The van der Waals surface area contributed by atoms with Crippen LogP contribution in [0.15, 0.2) is 24.4 Å². The number of rotatable bonds is 6. The molecular formula is C20H26ClN5O3. The molecule has 29 heavy (non-hydrogen) atoms. The van der Waals surface area contributed by atoms with Gasteiger partial charge in [-0.15, -0.1) is 0 Å². The number of aromatic nitrogens is 2. The first-order chi connectivity index (χ1) is 13.6. The van der Waals surface area contributed by atoms with Gasteiger partial charge in [-0.2, -0.15) is 5.10 Å². The predicted molar refractivity (Wildman–Crippen MR) is 113 cm³/mol. The molecule has 1 heterocycles. The third-order valence-electron chi connectivity index (χ3n) is 4.02. The molecule has 9 heteroatoms. The Morgan fingerprint density at radius 1 is 1.10 bits per heavy atom. The van der Waals surface area contributed by atoms with Crippen molar-refractivity contribution >= 4 is 40.8 Å². The molecule has 0 aliphatic carbocycles. The topological polar surface area (TPSA) is 105 Å². The lowest BCUT2D eigenvalue weighted by molar-refractivity contribution is -0.133. The SMILES string of the molecule is Cc1cn(C(C)C)nc1NC(=O)C(=O)Nc1ccc(Cl)c(C(=O)NCC(C)C)c1. The van der Waals surface area contributed by atoms with Crippen molar-refractivity contribution in [3.8, 4) is 0 Å². The van der Waals surface area contributed by atoms with E-state index in [0.29, 0.717) is 12.4 Å². The number of carbonyl (C=O) groups excluding carboxylic acids is 3. The van der Waals surface area contributed by atoms with Crippen molar-refractivity contribution in [2.24, 2.45) is 5.92 Å². The Kier molecular flexibility index (Phi) is 7.39. The van der Waals surface area contributed by atoms with Gasteiger partial charge in [0.05, 0.1) is 10.6 Å². The highest BCUT2D eigenvalue weighted by Crippen LogP contribution is 2.21. The predicted octanol–water partition coefficient (Wildman–Crippen LogP) is 3.39. The molecule has 0 aliphatic rings. The second-order valence-electron chi connectivity index (χ2n) is 7.44. The molecule has 0 unspecified atom stereocenters. The molecule has 1 aromatic carbocycles. The number of aryl methyl sites for hydroxylation is 1. The molecule has 0 radical (unpaired) electrons. The highest BCUT2D eigenvalue weighted by molar-refractivity contribution is 6.43. The molecule has 156 valence electrons. The van der Waals surface area contributed by atoms with Gasteiger partial charge in [0.1, 0.15) is 0 Å². The van der Waals surface area contributed by atoms with Gasteiger partial charge in [0, 0.05) is 30.0 Å². The molecule has 2 rings (SSSR count). The number of benzene rings is 1. The number of hydrogen-bond acceptors (Lipinski definition) is 4. The van der Waals surface area contributed by atoms with Crippen molar-refractivity contribution in [1.82, 2.24) is 15.1 Å². The van der Waals surface area contributed by atoms with E-state index in [1.54, 1.807) is 17.8 Å². The highest BCUT2D eigenvalue weighted by atomic mass is 35.5. The van der Waals surface area contributed by atoms with Crippen LogP contribution in [0, 0.1) is 12.8 Å². The summed E-state index contributed by atoms with van der Waals surface area (Å²) in [6, 6.07) is 4.57. The van der Waals surface area contributed by atoms with E-state index in [-0.39, 0.29) is 34.1 Å². The number of nitrogens with one attached hydrogen (secondary N) is 3. The van der Waals surface area contributed by atoms with Gasteiger partial charge in [-0.3, -0.25) is 19.1 Å². The van der Waals surface area contributed by atoms with Crippen LogP contribution in [0.4, 0.5) is 11.5 Å². The molecular weight excluding hydrogens is 394 g/mol. The zero-order chi connectivity index (χ0) is 21.7. The van der Waals surface area contributed by atoms with Crippen LogP contribution in [0.3, 0.4) is 0 Å². The van der Waals surface area contributed by atoms with Gasteiger partial charge >= 0.3 is 11.8 Å². The van der Waals surface area contributed by atoms with Gasteiger partial charge in [-0.1, -0.05) is 25.4 Å². The van der Waals surface area contributed by atoms with Crippen molar-refractivity contribution in [2.75, 3.05) is 17.2 Å². The summed E-state index contributed by atoms with van der Waals surface area (Å²) in [6.07, 6.45) is 1.79. The average Bonchev–Trinajstić information content (AvgIpc) is 3.02. The lowest BCUT2D eigenvalue weighted by Gasteiger charge is -2.11. The normalized spacial score (nSPS) is 10.9. The molecule has 0 saturated heterocycles. The van der Waals surface area contributed by atoms with Crippen molar-refractivity contribution in [3.05, 3.63) is 40.5 Å². The van der Waals surface area contributed by atoms with Crippen LogP contribution in [0.25, 0.3) is 0 Å². The van der Waals surface area contributed by atoms with E-state index >= 15 is 0 Å². The fourth-order valence-corrected chi connectivity index (χ4v) is 2.60. The zero-order valence-electron chi connectivity index (χ0n) is 17.2. The number of carbonyl (C=O) groups is 3.